The van der Waals surface area contributed by atoms with E-state index < -0.39 is 17.7 Å². The Morgan fingerprint density at radius 3 is 2.30 bits per heavy atom. The predicted molar refractivity (Wildman–Crippen MR) is 101 cm³/mol. The molecule has 27 heavy (non-hydrogen) atoms. The molecule has 140 valence electrons. The fourth-order valence-electron chi connectivity index (χ4n) is 3.22. The van der Waals surface area contributed by atoms with Crippen molar-refractivity contribution in [2.75, 3.05) is 21.3 Å². The number of hydrogen-bond donors (Lipinski definition) is 1. The van der Waals surface area contributed by atoms with E-state index in [0.29, 0.717) is 22.6 Å². The Morgan fingerprint density at radius 2 is 1.70 bits per heavy atom. The lowest BCUT2D eigenvalue weighted by Gasteiger charge is -2.23. The molecular formula is C21H21NO5. The van der Waals surface area contributed by atoms with Crippen molar-refractivity contribution in [3.05, 3.63) is 64.7 Å². The topological polar surface area (TPSA) is 76.1 Å². The average molecular weight is 367 g/mol. The summed E-state index contributed by atoms with van der Waals surface area (Å²) in [6.07, 6.45) is 0. The zero-order valence-corrected chi connectivity index (χ0v) is 15.6. The van der Waals surface area contributed by atoms with Crippen molar-refractivity contribution in [3.63, 3.8) is 0 Å². The van der Waals surface area contributed by atoms with Crippen LogP contribution in [0.2, 0.25) is 0 Å². The molecule has 1 amide bonds. The first-order chi connectivity index (χ1) is 12.9. The number of rotatable bonds is 4. The van der Waals surface area contributed by atoms with Crippen molar-refractivity contribution in [3.8, 4) is 11.5 Å². The molecule has 1 aliphatic heterocycles. The van der Waals surface area contributed by atoms with Crippen LogP contribution in [-0.4, -0.2) is 43.0 Å². The standard InChI is InChI=1S/C21H21NO5/c1-12-5-7-13(8-6-12)19(23)17-18(22(2)21(25)20(17)24)15-10-9-14(26-3)11-16(15)27-4/h5-11,18,23H,1-4H3/t18-/m0/s1. The highest BCUT2D eigenvalue weighted by atomic mass is 16.5. The van der Waals surface area contributed by atoms with Gasteiger partial charge in [-0.15, -0.1) is 0 Å². The van der Waals surface area contributed by atoms with Crippen LogP contribution in [0.3, 0.4) is 0 Å². The van der Waals surface area contributed by atoms with Crippen molar-refractivity contribution in [2.24, 2.45) is 0 Å². The van der Waals surface area contributed by atoms with Crippen molar-refractivity contribution in [2.45, 2.75) is 13.0 Å². The van der Waals surface area contributed by atoms with Crippen LogP contribution in [-0.2, 0) is 9.59 Å². The molecule has 3 rings (SSSR count). The van der Waals surface area contributed by atoms with Gasteiger partial charge in [0.1, 0.15) is 17.3 Å². The van der Waals surface area contributed by atoms with E-state index in [2.05, 4.69) is 0 Å². The fraction of sp³-hybridized carbons (Fsp3) is 0.238. The van der Waals surface area contributed by atoms with E-state index in [4.69, 9.17) is 9.47 Å². The number of likely N-dealkylation sites (N-methyl/N-ethyl adjacent to an activating group) is 1. The molecule has 0 saturated carbocycles. The molecule has 0 unspecified atom stereocenters. The quantitative estimate of drug-likeness (QED) is 0.511. The lowest BCUT2D eigenvalue weighted by Crippen LogP contribution is -2.25. The van der Waals surface area contributed by atoms with E-state index in [1.165, 1.54) is 26.2 Å². The number of amides is 1. The summed E-state index contributed by atoms with van der Waals surface area (Å²) >= 11 is 0. The number of hydrogen-bond acceptors (Lipinski definition) is 5. The number of benzene rings is 2. The molecule has 6 nitrogen and oxygen atoms in total. The third-order valence-electron chi connectivity index (χ3n) is 4.74. The van der Waals surface area contributed by atoms with Crippen LogP contribution in [0, 0.1) is 6.92 Å². The average Bonchev–Trinajstić information content (AvgIpc) is 2.91. The van der Waals surface area contributed by atoms with Gasteiger partial charge >= 0.3 is 0 Å². The third kappa shape index (κ3) is 3.14. The Labute approximate surface area is 157 Å². The maximum Gasteiger partial charge on any atom is 0.295 e. The maximum absolute atomic E-state index is 12.6. The van der Waals surface area contributed by atoms with Gasteiger partial charge < -0.3 is 19.5 Å². The Bertz CT molecular complexity index is 930. The van der Waals surface area contributed by atoms with Gasteiger partial charge in [0.2, 0.25) is 0 Å². The maximum atomic E-state index is 12.6. The number of carbonyl (C=O) groups excluding carboxylic acids is 2. The molecule has 0 aliphatic carbocycles. The number of aliphatic hydroxyl groups excluding tert-OH is 1. The molecule has 0 bridgehead atoms. The fourth-order valence-corrected chi connectivity index (χ4v) is 3.22. The number of aryl methyl sites for hydroxylation is 1. The van der Waals surface area contributed by atoms with Crippen molar-refractivity contribution in [1.29, 1.82) is 0 Å². The van der Waals surface area contributed by atoms with E-state index in [1.54, 1.807) is 30.3 Å². The Balaban J connectivity index is 2.20. The largest absolute Gasteiger partial charge is 0.507 e. The third-order valence-corrected chi connectivity index (χ3v) is 4.74. The number of likely N-dealkylation sites (tertiary alicyclic amines) is 1. The normalized spacial score (nSPS) is 18.7. The van der Waals surface area contributed by atoms with Crippen molar-refractivity contribution < 1.29 is 24.2 Å². The number of nitrogens with zero attached hydrogens (tertiary/aromatic N) is 1. The van der Waals surface area contributed by atoms with Gasteiger partial charge in [-0.25, -0.2) is 0 Å². The minimum absolute atomic E-state index is 0.0369. The molecule has 0 aromatic heterocycles. The van der Waals surface area contributed by atoms with Gasteiger partial charge in [0, 0.05) is 24.2 Å². The molecule has 1 aliphatic rings. The molecule has 2 aromatic carbocycles. The SMILES string of the molecule is COc1ccc([C@H]2C(=C(O)c3ccc(C)cc3)C(=O)C(=O)N2C)c(OC)c1. The van der Waals surface area contributed by atoms with Crippen molar-refractivity contribution in [1.82, 2.24) is 4.90 Å². The second-order valence-corrected chi connectivity index (χ2v) is 6.38. The van der Waals surface area contributed by atoms with Gasteiger partial charge in [-0.3, -0.25) is 9.59 Å². The number of Topliss-reactive ketones (excluding diaryl/α,β-unsaturated/α-hetero) is 1. The van der Waals surface area contributed by atoms with E-state index in [9.17, 15) is 14.7 Å². The summed E-state index contributed by atoms with van der Waals surface area (Å²) in [5, 5.41) is 10.8. The molecule has 1 atom stereocenters. The summed E-state index contributed by atoms with van der Waals surface area (Å²) in [5.41, 5.74) is 2.13. The molecule has 1 heterocycles. The predicted octanol–water partition coefficient (Wildman–Crippen LogP) is 3.06. The van der Waals surface area contributed by atoms with Gasteiger partial charge in [-0.2, -0.15) is 0 Å². The zero-order chi connectivity index (χ0) is 19.7. The zero-order valence-electron chi connectivity index (χ0n) is 15.6. The second-order valence-electron chi connectivity index (χ2n) is 6.38. The summed E-state index contributed by atoms with van der Waals surface area (Å²) in [5.74, 6) is -0.560. The van der Waals surface area contributed by atoms with Crippen LogP contribution in [0.25, 0.3) is 5.76 Å². The summed E-state index contributed by atoms with van der Waals surface area (Å²) < 4.78 is 10.6. The van der Waals surface area contributed by atoms with Crippen LogP contribution in [0.5, 0.6) is 11.5 Å². The number of methoxy groups -OCH3 is 2. The first kappa shape index (κ1) is 18.5. The van der Waals surface area contributed by atoms with Crippen LogP contribution < -0.4 is 9.47 Å². The summed E-state index contributed by atoms with van der Waals surface area (Å²) in [6.45, 7) is 1.93. The van der Waals surface area contributed by atoms with E-state index in [-0.39, 0.29) is 11.3 Å². The highest BCUT2D eigenvalue weighted by molar-refractivity contribution is 6.46. The molecule has 0 radical (unpaired) electrons. The summed E-state index contributed by atoms with van der Waals surface area (Å²) in [6, 6.07) is 11.5. The van der Waals surface area contributed by atoms with E-state index >= 15 is 0 Å². The van der Waals surface area contributed by atoms with Gasteiger partial charge in [0.25, 0.3) is 11.7 Å². The van der Waals surface area contributed by atoms with Gasteiger partial charge in [0.05, 0.1) is 25.8 Å². The monoisotopic (exact) mass is 367 g/mol. The first-order valence-corrected chi connectivity index (χ1v) is 8.42. The number of ether oxygens (including phenoxy) is 2. The molecule has 2 aromatic rings. The minimum atomic E-state index is -0.757. The molecule has 1 N–H and O–H groups in total. The first-order valence-electron chi connectivity index (χ1n) is 8.42. The highest BCUT2D eigenvalue weighted by Crippen LogP contribution is 2.42. The van der Waals surface area contributed by atoms with Crippen LogP contribution in [0.15, 0.2) is 48.0 Å². The lowest BCUT2D eigenvalue weighted by atomic mass is 9.94. The van der Waals surface area contributed by atoms with Gasteiger partial charge in [0.15, 0.2) is 0 Å². The van der Waals surface area contributed by atoms with Gasteiger partial charge in [-0.1, -0.05) is 29.8 Å². The Hall–Kier alpha value is -3.28. The van der Waals surface area contributed by atoms with E-state index in [0.717, 1.165) is 5.56 Å². The number of ketones is 1. The highest BCUT2D eigenvalue weighted by Gasteiger charge is 2.45. The number of aliphatic hydroxyl groups is 1. The van der Waals surface area contributed by atoms with Crippen LogP contribution >= 0.6 is 0 Å². The minimum Gasteiger partial charge on any atom is -0.507 e. The summed E-state index contributed by atoms with van der Waals surface area (Å²) in [7, 11) is 4.57. The molecule has 0 spiro atoms. The van der Waals surface area contributed by atoms with Crippen LogP contribution in [0.4, 0.5) is 0 Å². The molecule has 6 heteroatoms. The molecule has 1 saturated heterocycles. The van der Waals surface area contributed by atoms with Crippen LogP contribution in [0.1, 0.15) is 22.7 Å². The summed E-state index contributed by atoms with van der Waals surface area (Å²) in [4.78, 5) is 26.3. The van der Waals surface area contributed by atoms with Crippen molar-refractivity contribution >= 4 is 17.4 Å². The number of carbonyl (C=O) groups is 2. The van der Waals surface area contributed by atoms with E-state index in [1.807, 2.05) is 19.1 Å². The molecular weight excluding hydrogens is 346 g/mol. The second kappa shape index (κ2) is 7.15. The lowest BCUT2D eigenvalue weighted by molar-refractivity contribution is -0.139. The smallest absolute Gasteiger partial charge is 0.295 e. The van der Waals surface area contributed by atoms with Gasteiger partial charge in [-0.05, 0) is 19.1 Å². The Morgan fingerprint density at radius 1 is 1.04 bits per heavy atom. The molecule has 1 fully saturated rings. The Kier molecular flexibility index (Phi) is 4.90.